The summed E-state index contributed by atoms with van der Waals surface area (Å²) < 4.78 is 47.0. The van der Waals surface area contributed by atoms with Gasteiger partial charge >= 0.3 is 12.3 Å². The normalized spacial score (nSPS) is 19.3. The lowest BCUT2D eigenvalue weighted by atomic mass is 10.0. The molecule has 0 aromatic heterocycles. The largest absolute Gasteiger partial charge is 0.492 e. The fraction of sp³-hybridized carbons (Fsp3) is 0.448. The maximum atomic E-state index is 13.6. The third-order valence-electron chi connectivity index (χ3n) is 7.71. The molecule has 9 nitrogen and oxygen atoms in total. The highest BCUT2D eigenvalue weighted by Gasteiger charge is 2.50. The molecule has 4 rings (SSSR count). The van der Waals surface area contributed by atoms with E-state index < -0.39 is 34.8 Å². The number of nitrogens with zero attached hydrogens (tertiary/aromatic N) is 5. The van der Waals surface area contributed by atoms with Crippen LogP contribution in [0.1, 0.15) is 44.4 Å². The summed E-state index contributed by atoms with van der Waals surface area (Å²) >= 11 is 5.65. The number of carbonyl (C=O) groups excluding carboxylic acids is 1. The lowest BCUT2D eigenvalue weighted by Crippen LogP contribution is -2.54. The number of ether oxygens (including phenoxy) is 1. The minimum atomic E-state index is -4.78. The van der Waals surface area contributed by atoms with Gasteiger partial charge in [-0.1, -0.05) is 6.92 Å². The van der Waals surface area contributed by atoms with Crippen LogP contribution in [0.4, 0.5) is 29.3 Å². The Morgan fingerprint density at radius 3 is 2.48 bits per heavy atom. The lowest BCUT2D eigenvalue weighted by molar-refractivity contribution is -0.137. The number of piperazine rings is 1. The van der Waals surface area contributed by atoms with E-state index in [0.717, 1.165) is 22.6 Å². The summed E-state index contributed by atoms with van der Waals surface area (Å²) in [5.74, 6) is 0.159. The monoisotopic (exact) mass is 603 g/mol. The van der Waals surface area contributed by atoms with Gasteiger partial charge in [0.25, 0.3) is 5.91 Å². The molecule has 0 radical (unpaired) electrons. The first-order chi connectivity index (χ1) is 19.7. The number of thiocarbonyl (C=S) groups is 1. The zero-order valence-corrected chi connectivity index (χ0v) is 24.6. The van der Waals surface area contributed by atoms with Crippen molar-refractivity contribution in [2.45, 2.75) is 51.9 Å². The van der Waals surface area contributed by atoms with Crippen LogP contribution in [0.3, 0.4) is 0 Å². The van der Waals surface area contributed by atoms with E-state index in [1.165, 1.54) is 11.0 Å². The van der Waals surface area contributed by atoms with Crippen molar-refractivity contribution in [2.24, 2.45) is 0 Å². The van der Waals surface area contributed by atoms with Gasteiger partial charge in [0.15, 0.2) is 5.11 Å². The highest BCUT2D eigenvalue weighted by atomic mass is 32.1. The molecule has 0 bridgehead atoms. The first-order valence-electron chi connectivity index (χ1n) is 13.5. The number of nitriles is 1. The maximum Gasteiger partial charge on any atom is 0.417 e. The molecule has 2 aromatic carbocycles. The number of rotatable bonds is 7. The number of benzene rings is 2. The molecule has 2 aromatic rings. The minimum absolute atomic E-state index is 0.0213. The zero-order chi connectivity index (χ0) is 31.0. The number of hydrogen-bond acceptors (Lipinski definition) is 6. The fourth-order valence-electron chi connectivity index (χ4n) is 5.36. The van der Waals surface area contributed by atoms with Gasteiger partial charge in [-0.15, -0.1) is 0 Å². The molecule has 0 aliphatic carbocycles. The van der Waals surface area contributed by atoms with Gasteiger partial charge in [-0.25, -0.2) is 4.79 Å². The molecule has 1 atom stereocenters. The Bertz CT molecular complexity index is 1440. The number of hydrogen-bond donors (Lipinski definition) is 1. The topological polar surface area (TPSA) is 100 Å². The van der Waals surface area contributed by atoms with Crippen LogP contribution in [0.5, 0.6) is 5.75 Å². The van der Waals surface area contributed by atoms with Crippen LogP contribution in [-0.2, 0) is 17.4 Å². The summed E-state index contributed by atoms with van der Waals surface area (Å²) in [5, 5.41) is 18.4. The predicted molar refractivity (Wildman–Crippen MR) is 155 cm³/mol. The van der Waals surface area contributed by atoms with Crippen LogP contribution in [0.25, 0.3) is 0 Å². The molecule has 0 saturated carbocycles. The van der Waals surface area contributed by atoms with Gasteiger partial charge in [-0.3, -0.25) is 14.6 Å². The van der Waals surface area contributed by atoms with Crippen molar-refractivity contribution in [3.8, 4) is 11.8 Å². The average molecular weight is 604 g/mol. The molecule has 1 unspecified atom stereocenters. The van der Waals surface area contributed by atoms with Gasteiger partial charge in [0.1, 0.15) is 17.9 Å². The van der Waals surface area contributed by atoms with Gasteiger partial charge in [0.05, 0.1) is 22.9 Å². The van der Waals surface area contributed by atoms with Crippen LogP contribution in [0, 0.1) is 11.3 Å². The molecule has 2 amide bonds. The van der Waals surface area contributed by atoms with Crippen molar-refractivity contribution in [1.82, 2.24) is 9.80 Å². The number of amides is 2. The second-order valence-corrected chi connectivity index (χ2v) is 11.1. The molecule has 2 heterocycles. The van der Waals surface area contributed by atoms with Gasteiger partial charge in [0, 0.05) is 37.9 Å². The molecule has 13 heteroatoms. The fourth-order valence-corrected chi connectivity index (χ4v) is 5.88. The van der Waals surface area contributed by atoms with Gasteiger partial charge in [-0.2, -0.15) is 18.4 Å². The first-order valence-corrected chi connectivity index (χ1v) is 13.9. The Morgan fingerprint density at radius 1 is 1.19 bits per heavy atom. The molecule has 224 valence electrons. The molecular formula is C29H32F3N5O4S. The molecule has 42 heavy (non-hydrogen) atoms. The van der Waals surface area contributed by atoms with Crippen molar-refractivity contribution < 1.29 is 32.6 Å². The van der Waals surface area contributed by atoms with Crippen LogP contribution in [-0.4, -0.2) is 76.4 Å². The summed E-state index contributed by atoms with van der Waals surface area (Å²) in [6, 6.07) is 10.1. The number of carboxylic acid groups (broad SMARTS) is 1. The van der Waals surface area contributed by atoms with Crippen molar-refractivity contribution in [1.29, 1.82) is 5.26 Å². The summed E-state index contributed by atoms with van der Waals surface area (Å²) in [4.78, 5) is 31.0. The number of carbonyl (C=O) groups is 2. The van der Waals surface area contributed by atoms with Crippen molar-refractivity contribution >= 4 is 40.7 Å². The molecule has 2 aliphatic rings. The zero-order valence-electron chi connectivity index (χ0n) is 23.7. The van der Waals surface area contributed by atoms with Crippen LogP contribution in [0.2, 0.25) is 0 Å². The summed E-state index contributed by atoms with van der Waals surface area (Å²) in [6.45, 7) is 9.75. The van der Waals surface area contributed by atoms with Crippen molar-refractivity contribution in [2.75, 3.05) is 42.6 Å². The average Bonchev–Trinajstić information content (AvgIpc) is 3.11. The van der Waals surface area contributed by atoms with E-state index in [-0.39, 0.29) is 16.8 Å². The van der Waals surface area contributed by atoms with E-state index in [4.69, 9.17) is 22.2 Å². The van der Waals surface area contributed by atoms with Crippen molar-refractivity contribution in [3.05, 3.63) is 53.1 Å². The SMILES string of the molecule is CCc1cc(N2C(=S)N(c3ccc(C#N)c(C(F)(F)F)c3)C(=O)C2(C)C)ccc1OCCN1CCN(C(=O)O)CC1C. The summed E-state index contributed by atoms with van der Waals surface area (Å²) in [7, 11) is 0. The Kier molecular flexibility index (Phi) is 8.71. The number of alkyl halides is 3. The van der Waals surface area contributed by atoms with E-state index in [2.05, 4.69) is 4.90 Å². The van der Waals surface area contributed by atoms with Crippen molar-refractivity contribution in [3.63, 3.8) is 0 Å². The maximum absolute atomic E-state index is 13.6. The molecule has 1 N–H and O–H groups in total. The molecule has 0 spiro atoms. The standard InChI is InChI=1S/C29H32F3N5O4S/c1-5-19-14-22(8-9-24(19)41-13-12-34-10-11-35(27(39)40)17-18(34)2)37-26(42)36(25(38)28(37,3)4)21-7-6-20(16-33)23(15-21)29(30,31)32/h6-9,14-15,18H,5,10-13,17H2,1-4H3,(H,39,40). The smallest absolute Gasteiger partial charge is 0.417 e. The first kappa shape index (κ1) is 31.1. The summed E-state index contributed by atoms with van der Waals surface area (Å²) in [6.07, 6.45) is -5.09. The second kappa shape index (κ2) is 11.8. The second-order valence-electron chi connectivity index (χ2n) is 10.8. The Balaban J connectivity index is 1.53. The Morgan fingerprint density at radius 2 is 1.88 bits per heavy atom. The highest BCUT2D eigenvalue weighted by Crippen LogP contribution is 2.40. The summed E-state index contributed by atoms with van der Waals surface area (Å²) in [5.41, 5.74) is -1.50. The highest BCUT2D eigenvalue weighted by molar-refractivity contribution is 7.81. The quantitative estimate of drug-likeness (QED) is 0.436. The van der Waals surface area contributed by atoms with E-state index >= 15 is 0 Å². The predicted octanol–water partition coefficient (Wildman–Crippen LogP) is 5.12. The van der Waals surface area contributed by atoms with Gasteiger partial charge in [-0.05, 0) is 81.4 Å². The van der Waals surface area contributed by atoms with Crippen LogP contribution < -0.4 is 14.5 Å². The molecule has 2 fully saturated rings. The van der Waals surface area contributed by atoms with Gasteiger partial charge in [0.2, 0.25) is 0 Å². The molecule has 2 saturated heterocycles. The molecular weight excluding hydrogens is 571 g/mol. The van der Waals surface area contributed by atoms with E-state index in [1.807, 2.05) is 19.9 Å². The molecule has 2 aliphatic heterocycles. The Hall–Kier alpha value is -3.89. The van der Waals surface area contributed by atoms with E-state index in [0.29, 0.717) is 50.6 Å². The third-order valence-corrected chi connectivity index (χ3v) is 8.08. The van der Waals surface area contributed by atoms with Crippen LogP contribution in [0.15, 0.2) is 36.4 Å². The number of halogens is 3. The number of anilines is 2. The van der Waals surface area contributed by atoms with E-state index in [1.54, 1.807) is 36.9 Å². The minimum Gasteiger partial charge on any atom is -0.492 e. The van der Waals surface area contributed by atoms with E-state index in [9.17, 15) is 27.9 Å². The Labute approximate surface area is 247 Å². The lowest BCUT2D eigenvalue weighted by Gasteiger charge is -2.38. The van der Waals surface area contributed by atoms with Crippen LogP contribution >= 0.6 is 12.2 Å². The van der Waals surface area contributed by atoms with Gasteiger partial charge < -0.3 is 19.6 Å². The third kappa shape index (κ3) is 5.87. The number of aryl methyl sites for hydroxylation is 1.